The van der Waals surface area contributed by atoms with Gasteiger partial charge in [0, 0.05) is 0 Å². The molecule has 0 aliphatic rings. The van der Waals surface area contributed by atoms with Crippen LogP contribution in [0, 0.1) is 0 Å². The summed E-state index contributed by atoms with van der Waals surface area (Å²) < 4.78 is 5.17. The summed E-state index contributed by atoms with van der Waals surface area (Å²) in [5.74, 6) is -0.164. The average Bonchev–Trinajstić information content (AvgIpc) is 2.35. The van der Waals surface area contributed by atoms with Gasteiger partial charge in [-0.2, -0.15) is 0 Å². The first-order chi connectivity index (χ1) is 7.69. The van der Waals surface area contributed by atoms with Crippen LogP contribution in [0.3, 0.4) is 0 Å². The van der Waals surface area contributed by atoms with Crippen LogP contribution >= 0.6 is 0 Å². The molecular formula is C11H14O5. The predicted molar refractivity (Wildman–Crippen MR) is 56.4 cm³/mol. The van der Waals surface area contributed by atoms with E-state index in [2.05, 4.69) is 0 Å². The Morgan fingerprint density at radius 2 is 2.00 bits per heavy atom. The summed E-state index contributed by atoms with van der Waals surface area (Å²) in [5.41, 5.74) is 0.259. The molecule has 0 bridgehead atoms. The molecule has 16 heavy (non-hydrogen) atoms. The lowest BCUT2D eigenvalue weighted by atomic mass is 10.1. The maximum absolute atomic E-state index is 11.3. The molecule has 5 heteroatoms. The molecule has 5 nitrogen and oxygen atoms in total. The van der Waals surface area contributed by atoms with E-state index in [0.717, 1.165) is 0 Å². The standard InChI is InChI=1S/C11H14O5/c12-5-8(14)7-16-11-4-2-1-3-9(11)10(15)6-13/h1-4,8,12-14H,5-7H2. The Kier molecular flexibility index (Phi) is 4.91. The molecule has 0 saturated heterocycles. The van der Waals surface area contributed by atoms with Crippen LogP contribution in [0.4, 0.5) is 0 Å². The fourth-order valence-electron chi connectivity index (χ4n) is 1.15. The number of ketones is 1. The van der Waals surface area contributed by atoms with Crippen LogP contribution in [0.2, 0.25) is 0 Å². The normalized spacial score (nSPS) is 12.2. The topological polar surface area (TPSA) is 87.0 Å². The molecule has 0 saturated carbocycles. The van der Waals surface area contributed by atoms with Crippen LogP contribution in [0.1, 0.15) is 10.4 Å². The Labute approximate surface area is 92.9 Å². The van der Waals surface area contributed by atoms with Crippen molar-refractivity contribution < 1.29 is 24.9 Å². The molecule has 1 unspecified atom stereocenters. The van der Waals surface area contributed by atoms with Gasteiger partial charge in [0.05, 0.1) is 12.2 Å². The molecule has 0 aliphatic carbocycles. The minimum Gasteiger partial charge on any atom is -0.490 e. The number of hydrogen-bond donors (Lipinski definition) is 3. The fraction of sp³-hybridized carbons (Fsp3) is 0.364. The first kappa shape index (κ1) is 12.6. The number of carbonyl (C=O) groups is 1. The third-order valence-electron chi connectivity index (χ3n) is 1.97. The van der Waals surface area contributed by atoms with Crippen LogP contribution in [-0.4, -0.2) is 47.0 Å². The van der Waals surface area contributed by atoms with Gasteiger partial charge in [0.15, 0.2) is 5.78 Å². The molecule has 0 radical (unpaired) electrons. The lowest BCUT2D eigenvalue weighted by molar-refractivity contribution is 0.0530. The van der Waals surface area contributed by atoms with Gasteiger partial charge in [0.1, 0.15) is 25.1 Å². The number of carbonyl (C=O) groups excluding carboxylic acids is 1. The van der Waals surface area contributed by atoms with Gasteiger partial charge in [-0.3, -0.25) is 4.79 Å². The largest absolute Gasteiger partial charge is 0.490 e. The molecule has 1 aromatic rings. The maximum Gasteiger partial charge on any atom is 0.191 e. The summed E-state index contributed by atoms with van der Waals surface area (Å²) in [6, 6.07) is 6.42. The van der Waals surface area contributed by atoms with Crippen molar-refractivity contribution in [2.75, 3.05) is 19.8 Å². The summed E-state index contributed by atoms with van der Waals surface area (Å²) in [6.45, 7) is -1.11. The minimum absolute atomic E-state index is 0.105. The number of benzene rings is 1. The maximum atomic E-state index is 11.3. The molecule has 1 aromatic carbocycles. The molecule has 3 N–H and O–H groups in total. The van der Waals surface area contributed by atoms with E-state index in [1.165, 1.54) is 6.07 Å². The first-order valence-corrected chi connectivity index (χ1v) is 4.83. The Morgan fingerprint density at radius 1 is 1.31 bits per heavy atom. The second-order valence-electron chi connectivity index (χ2n) is 3.22. The highest BCUT2D eigenvalue weighted by Gasteiger charge is 2.12. The van der Waals surface area contributed by atoms with Crippen LogP contribution in [0.5, 0.6) is 5.75 Å². The highest BCUT2D eigenvalue weighted by Crippen LogP contribution is 2.18. The van der Waals surface area contributed by atoms with E-state index in [9.17, 15) is 4.79 Å². The second-order valence-corrected chi connectivity index (χ2v) is 3.22. The van der Waals surface area contributed by atoms with E-state index >= 15 is 0 Å². The van der Waals surface area contributed by atoms with E-state index in [1.54, 1.807) is 18.2 Å². The third-order valence-corrected chi connectivity index (χ3v) is 1.97. The van der Waals surface area contributed by atoms with E-state index in [1.807, 2.05) is 0 Å². The van der Waals surface area contributed by atoms with Crippen LogP contribution in [0.25, 0.3) is 0 Å². The second kappa shape index (κ2) is 6.22. The average molecular weight is 226 g/mol. The smallest absolute Gasteiger partial charge is 0.191 e. The summed E-state index contributed by atoms with van der Waals surface area (Å²) in [4.78, 5) is 11.3. The summed E-state index contributed by atoms with van der Waals surface area (Å²) in [7, 11) is 0. The van der Waals surface area contributed by atoms with Crippen molar-refractivity contribution in [3.05, 3.63) is 29.8 Å². The van der Waals surface area contributed by atoms with E-state index in [-0.39, 0.29) is 17.9 Å². The zero-order valence-corrected chi connectivity index (χ0v) is 8.67. The number of aliphatic hydroxyl groups excluding tert-OH is 3. The van der Waals surface area contributed by atoms with Crippen molar-refractivity contribution in [2.24, 2.45) is 0 Å². The summed E-state index contributed by atoms with van der Waals surface area (Å²) >= 11 is 0. The van der Waals surface area contributed by atoms with Crippen LogP contribution < -0.4 is 4.74 Å². The molecule has 0 spiro atoms. The minimum atomic E-state index is -0.989. The fourth-order valence-corrected chi connectivity index (χ4v) is 1.15. The summed E-state index contributed by atoms with van der Waals surface area (Å²) in [5, 5.41) is 26.4. The number of aliphatic hydroxyl groups is 3. The van der Waals surface area contributed by atoms with Gasteiger partial charge >= 0.3 is 0 Å². The van der Waals surface area contributed by atoms with Crippen molar-refractivity contribution in [3.63, 3.8) is 0 Å². The quantitative estimate of drug-likeness (QED) is 0.574. The van der Waals surface area contributed by atoms with E-state index in [4.69, 9.17) is 20.1 Å². The zero-order valence-electron chi connectivity index (χ0n) is 8.67. The Balaban J connectivity index is 2.75. The molecule has 1 atom stereocenters. The SMILES string of the molecule is O=C(CO)c1ccccc1OCC(O)CO. The highest BCUT2D eigenvalue weighted by atomic mass is 16.5. The molecule has 0 fully saturated rings. The Hall–Kier alpha value is -1.43. The van der Waals surface area contributed by atoms with Crippen molar-refractivity contribution in [3.8, 4) is 5.75 Å². The summed E-state index contributed by atoms with van der Waals surface area (Å²) in [6.07, 6.45) is -0.989. The van der Waals surface area contributed by atoms with Crippen molar-refractivity contribution in [1.29, 1.82) is 0 Å². The number of hydrogen-bond acceptors (Lipinski definition) is 5. The van der Waals surface area contributed by atoms with Gasteiger partial charge in [-0.1, -0.05) is 12.1 Å². The molecule has 1 rings (SSSR count). The Morgan fingerprint density at radius 3 is 2.62 bits per heavy atom. The molecule has 0 amide bonds. The van der Waals surface area contributed by atoms with Gasteiger partial charge < -0.3 is 20.1 Å². The van der Waals surface area contributed by atoms with Gasteiger partial charge in [-0.15, -0.1) is 0 Å². The van der Waals surface area contributed by atoms with Crippen LogP contribution in [-0.2, 0) is 0 Å². The lowest BCUT2D eigenvalue weighted by Crippen LogP contribution is -2.22. The number of Topliss-reactive ketones (excluding diaryl/α,β-unsaturated/α-hetero) is 1. The van der Waals surface area contributed by atoms with Gasteiger partial charge in [0.25, 0.3) is 0 Å². The molecule has 88 valence electrons. The van der Waals surface area contributed by atoms with Gasteiger partial charge in [0.2, 0.25) is 0 Å². The number of rotatable bonds is 6. The van der Waals surface area contributed by atoms with Crippen molar-refractivity contribution in [2.45, 2.75) is 6.10 Å². The molecule has 0 heterocycles. The van der Waals surface area contributed by atoms with Gasteiger partial charge in [-0.25, -0.2) is 0 Å². The first-order valence-electron chi connectivity index (χ1n) is 4.83. The third kappa shape index (κ3) is 3.30. The lowest BCUT2D eigenvalue weighted by Gasteiger charge is -2.12. The number of para-hydroxylation sites is 1. The van der Waals surface area contributed by atoms with Crippen molar-refractivity contribution >= 4 is 5.78 Å². The molecule has 0 aromatic heterocycles. The number of ether oxygens (including phenoxy) is 1. The van der Waals surface area contributed by atoms with Gasteiger partial charge in [-0.05, 0) is 12.1 Å². The molecule has 0 aliphatic heterocycles. The van der Waals surface area contributed by atoms with Crippen LogP contribution in [0.15, 0.2) is 24.3 Å². The predicted octanol–water partition coefficient (Wildman–Crippen LogP) is -0.406. The highest BCUT2D eigenvalue weighted by molar-refractivity contribution is 5.99. The molecular weight excluding hydrogens is 212 g/mol. The zero-order chi connectivity index (χ0) is 12.0. The van der Waals surface area contributed by atoms with E-state index < -0.39 is 25.1 Å². The van der Waals surface area contributed by atoms with Crippen molar-refractivity contribution in [1.82, 2.24) is 0 Å². The Bertz CT molecular complexity index is 350. The van der Waals surface area contributed by atoms with E-state index in [0.29, 0.717) is 0 Å². The monoisotopic (exact) mass is 226 g/mol.